The van der Waals surface area contributed by atoms with Gasteiger partial charge in [-0.15, -0.1) is 0 Å². The number of likely N-dealkylation sites (tertiary alicyclic amines) is 2. The number of guanidine groups is 1. The zero-order chi connectivity index (χ0) is 53.5. The fourth-order valence-electron chi connectivity index (χ4n) is 9.81. The van der Waals surface area contributed by atoms with Crippen molar-refractivity contribution in [3.63, 3.8) is 0 Å². The van der Waals surface area contributed by atoms with E-state index in [1.807, 2.05) is 91.0 Å². The van der Waals surface area contributed by atoms with Crippen molar-refractivity contribution in [3.8, 4) is 0 Å². The summed E-state index contributed by atoms with van der Waals surface area (Å²) in [6.45, 7) is 4.12. The minimum atomic E-state index is -1.14. The molecule has 7 rings (SSSR count). The molecule has 3 aromatic rings. The Labute approximate surface area is 436 Å². The van der Waals surface area contributed by atoms with E-state index >= 15 is 0 Å². The van der Waals surface area contributed by atoms with Crippen molar-refractivity contribution >= 4 is 48.0 Å². The molecule has 4 fully saturated rings. The van der Waals surface area contributed by atoms with Gasteiger partial charge in [-0.2, -0.15) is 0 Å². The second kappa shape index (κ2) is 29.4. The third kappa shape index (κ3) is 17.3. The van der Waals surface area contributed by atoms with Crippen LogP contribution in [-0.2, 0) is 48.4 Å². The van der Waals surface area contributed by atoms with Crippen LogP contribution < -0.4 is 32.3 Å². The summed E-state index contributed by atoms with van der Waals surface area (Å²) in [7, 11) is 0. The Kier molecular flexibility index (Phi) is 22.2. The van der Waals surface area contributed by atoms with Gasteiger partial charge in [0, 0.05) is 31.6 Å². The summed E-state index contributed by atoms with van der Waals surface area (Å²) in [5.74, 6) is -3.06. The number of ether oxygens (including phenoxy) is 2. The molecular formula is C54H71N9O12. The fourth-order valence-corrected chi connectivity index (χ4v) is 9.81. The standard InChI is InChI=1S/C38H45N5O8.C16H26N4O4/c44-34-31(33(32(51-48)24-27-14-5-1-6-15-27)43(34)36(45)40-30-20-11-4-12-21-30)22-13-23-39-35(41-37(46)49-25-28-16-7-2-8-17-28)42-38(47)50-26-29-18-9-3-10-19-29;1-10(17)18-9-5-8-12-13(15(22)23)20(14(12)21)16(24)19-11-6-3-2-4-7-11/h1-3,5-10,14-19,30-33,48H,4,11-13,20-26H2,(H,40,45)(H2,39,41,42,46,47);11-13,18H,1-9,17H2,(H,19,24)(H,22,23)/t31-,32+,33?;/m1./s1. The Balaban J connectivity index is 0.000000318. The molecule has 8 amide bonds. The van der Waals surface area contributed by atoms with Gasteiger partial charge in [-0.1, -0.05) is 136 Å². The number of nitrogens with two attached hydrogens (primary N) is 1. The first-order chi connectivity index (χ1) is 36.3. The lowest BCUT2D eigenvalue weighted by molar-refractivity contribution is -0.296. The number of hydrogen-bond donors (Lipinski definition) is 8. The molecule has 0 aromatic heterocycles. The number of carboxylic acid groups (broad SMARTS) is 1. The highest BCUT2D eigenvalue weighted by molar-refractivity contribution is 6.07. The van der Waals surface area contributed by atoms with Crippen LogP contribution in [0.5, 0.6) is 0 Å². The van der Waals surface area contributed by atoms with Gasteiger partial charge in [0.05, 0.1) is 23.7 Å². The number of alkyl carbamates (subject to hydrolysis) is 2. The second-order valence-corrected chi connectivity index (χ2v) is 19.1. The van der Waals surface area contributed by atoms with Crippen molar-refractivity contribution in [2.24, 2.45) is 22.6 Å². The predicted molar refractivity (Wildman–Crippen MR) is 276 cm³/mol. The summed E-state index contributed by atoms with van der Waals surface area (Å²) < 4.78 is 10.6. The number of carboxylic acids is 1. The maximum absolute atomic E-state index is 13.5. The van der Waals surface area contributed by atoms with Gasteiger partial charge in [-0.05, 0) is 68.1 Å². The van der Waals surface area contributed by atoms with Crippen molar-refractivity contribution in [1.29, 1.82) is 0 Å². The third-order valence-electron chi connectivity index (χ3n) is 13.7. The van der Waals surface area contributed by atoms with Gasteiger partial charge in [-0.25, -0.2) is 33.8 Å². The molecule has 21 heteroatoms. The lowest BCUT2D eigenvalue weighted by atomic mass is 9.79. The summed E-state index contributed by atoms with van der Waals surface area (Å²) in [5.41, 5.74) is 7.82. The number of aliphatic imine (C=N–C) groups is 1. The van der Waals surface area contributed by atoms with Crippen LogP contribution >= 0.6 is 0 Å². The Morgan fingerprint density at radius 3 is 1.61 bits per heavy atom. The quantitative estimate of drug-likeness (QED) is 0.0146. The number of aliphatic carboxylic acids is 1. The van der Waals surface area contributed by atoms with Crippen molar-refractivity contribution in [1.82, 2.24) is 36.4 Å². The van der Waals surface area contributed by atoms with Crippen molar-refractivity contribution in [2.75, 3.05) is 13.1 Å². The third-order valence-corrected chi connectivity index (χ3v) is 13.7. The molecule has 2 aliphatic carbocycles. The summed E-state index contributed by atoms with van der Waals surface area (Å²) >= 11 is 0. The molecular weight excluding hydrogens is 967 g/mol. The van der Waals surface area contributed by atoms with E-state index in [9.17, 15) is 43.9 Å². The van der Waals surface area contributed by atoms with E-state index < -0.39 is 66.1 Å². The number of nitrogens with zero attached hydrogens (tertiary/aromatic N) is 3. The van der Waals surface area contributed by atoms with E-state index in [1.54, 1.807) is 0 Å². The van der Waals surface area contributed by atoms with E-state index in [2.05, 4.69) is 38.2 Å². The van der Waals surface area contributed by atoms with Crippen molar-refractivity contribution in [2.45, 2.75) is 140 Å². The summed E-state index contributed by atoms with van der Waals surface area (Å²) in [6.07, 6.45) is 9.24. The molecule has 0 radical (unpaired) electrons. The largest absolute Gasteiger partial charge is 0.480 e. The van der Waals surface area contributed by atoms with Crippen LogP contribution in [0.3, 0.4) is 0 Å². The Bertz CT molecular complexity index is 2340. The zero-order valence-corrected chi connectivity index (χ0v) is 42.2. The molecule has 5 atom stereocenters. The summed E-state index contributed by atoms with van der Waals surface area (Å²) in [4.78, 5) is 99.4. The highest BCUT2D eigenvalue weighted by Gasteiger charge is 2.55. The number of urea groups is 2. The number of imide groups is 2. The summed E-state index contributed by atoms with van der Waals surface area (Å²) in [6, 6.07) is 24.8. The lowest BCUT2D eigenvalue weighted by Gasteiger charge is -2.48. The molecule has 21 nitrogen and oxygen atoms in total. The van der Waals surface area contributed by atoms with E-state index in [0.29, 0.717) is 38.0 Å². The fraction of sp³-hybridized carbons (Fsp3) is 0.481. The van der Waals surface area contributed by atoms with Gasteiger partial charge >= 0.3 is 30.2 Å². The molecule has 0 bridgehead atoms. The van der Waals surface area contributed by atoms with Crippen molar-refractivity contribution in [3.05, 3.63) is 120 Å². The predicted octanol–water partition coefficient (Wildman–Crippen LogP) is 6.69. The SMILES string of the molecule is C=C(N)NCCCC1C(=O)N(C(=O)NC2CCCCC2)C1C(=O)O.O=C(NC(=NCCC[C@H]1C(=O)N(C(=O)NC2CCCCC2)C1[C@H](Cc1ccccc1)OO)NC(=O)OCc1ccccc1)OCc1ccccc1. The zero-order valence-electron chi connectivity index (χ0n) is 42.2. The molecule has 2 heterocycles. The topological polar surface area (TPSA) is 293 Å². The van der Waals surface area contributed by atoms with Crippen LogP contribution in [0.1, 0.15) is 107 Å². The van der Waals surface area contributed by atoms with Gasteiger partial charge in [0.15, 0.2) is 6.04 Å². The molecule has 3 unspecified atom stereocenters. The van der Waals surface area contributed by atoms with E-state index in [4.69, 9.17) is 20.1 Å². The van der Waals surface area contributed by atoms with E-state index in [-0.39, 0.29) is 50.1 Å². The number of carbonyl (C=O) groups excluding carboxylic acids is 6. The first kappa shape index (κ1) is 56.8. The lowest BCUT2D eigenvalue weighted by Crippen LogP contribution is -2.70. The monoisotopic (exact) mass is 1040 g/mol. The second-order valence-electron chi connectivity index (χ2n) is 19.1. The van der Waals surface area contributed by atoms with Crippen LogP contribution in [0.25, 0.3) is 0 Å². The number of carbonyl (C=O) groups is 7. The number of β-lactam (4-membered cyclic amide) rings is 2. The molecule has 2 saturated heterocycles. The smallest absolute Gasteiger partial charge is 0.414 e. The highest BCUT2D eigenvalue weighted by atomic mass is 17.1. The van der Waals surface area contributed by atoms with Gasteiger partial charge in [0.25, 0.3) is 0 Å². The highest BCUT2D eigenvalue weighted by Crippen LogP contribution is 2.36. The van der Waals surface area contributed by atoms with Crippen LogP contribution in [0, 0.1) is 11.8 Å². The molecule has 2 saturated carbocycles. The van der Waals surface area contributed by atoms with Crippen LogP contribution in [0.2, 0.25) is 0 Å². The Morgan fingerprint density at radius 2 is 1.13 bits per heavy atom. The van der Waals surface area contributed by atoms with Gasteiger partial charge < -0.3 is 36.3 Å². The number of benzene rings is 3. The molecule has 2 aliphatic heterocycles. The Hall–Kier alpha value is -7.52. The summed E-state index contributed by atoms with van der Waals surface area (Å²) in [5, 5.41) is 32.9. The number of rotatable bonds is 20. The number of amides is 8. The molecule has 3 aromatic carbocycles. The van der Waals surface area contributed by atoms with E-state index in [0.717, 1.165) is 85.8 Å². The van der Waals surface area contributed by atoms with Gasteiger partial charge in [-0.3, -0.25) is 35.4 Å². The maximum Gasteiger partial charge on any atom is 0.414 e. The Morgan fingerprint density at radius 1 is 0.667 bits per heavy atom. The van der Waals surface area contributed by atoms with Crippen LogP contribution in [-0.4, -0.2) is 112 Å². The van der Waals surface area contributed by atoms with Crippen molar-refractivity contribution < 1.29 is 58.3 Å². The molecule has 404 valence electrons. The number of hydrogen-bond acceptors (Lipinski definition) is 14. The first-order valence-corrected chi connectivity index (χ1v) is 25.8. The normalized spacial score (nSPS) is 19.8. The maximum atomic E-state index is 13.5. The van der Waals surface area contributed by atoms with Gasteiger partial charge in [0.2, 0.25) is 17.8 Å². The first-order valence-electron chi connectivity index (χ1n) is 25.8. The van der Waals surface area contributed by atoms with E-state index in [1.165, 1.54) is 4.90 Å². The average Bonchev–Trinajstić information content (AvgIpc) is 3.41. The minimum absolute atomic E-state index is 0.00544. The molecule has 0 spiro atoms. The molecule has 75 heavy (non-hydrogen) atoms. The average molecular weight is 1040 g/mol. The van der Waals surface area contributed by atoms with Crippen LogP contribution in [0.15, 0.2) is 108 Å². The molecule has 4 aliphatic rings. The van der Waals surface area contributed by atoms with Gasteiger partial charge in [0.1, 0.15) is 19.3 Å². The minimum Gasteiger partial charge on any atom is -0.480 e. The van der Waals surface area contributed by atoms with Crippen LogP contribution in [0.4, 0.5) is 19.2 Å². The molecule has 9 N–H and O–H groups in total. The number of nitrogens with one attached hydrogen (secondary N) is 5.